The van der Waals surface area contributed by atoms with Gasteiger partial charge in [-0.05, 0) is 58.8 Å². The molecule has 0 aliphatic heterocycles. The predicted molar refractivity (Wildman–Crippen MR) is 164 cm³/mol. The third-order valence-electron chi connectivity index (χ3n) is 7.54. The molecule has 0 atom stereocenters. The van der Waals surface area contributed by atoms with E-state index in [0.717, 1.165) is 25.2 Å². The summed E-state index contributed by atoms with van der Waals surface area (Å²) in [6, 6.07) is 0.775. The van der Waals surface area contributed by atoms with Gasteiger partial charge in [0.1, 0.15) is 6.29 Å². The van der Waals surface area contributed by atoms with Crippen molar-refractivity contribution in [1.82, 2.24) is 10.2 Å². The Morgan fingerprint density at radius 3 is 1.39 bits per heavy atom. The fraction of sp³-hybridized carbons (Fsp3) is 0.970. The molecule has 0 saturated carbocycles. The van der Waals surface area contributed by atoms with Gasteiger partial charge in [-0.15, -0.1) is 0 Å². The maximum atomic E-state index is 10.1. The molecule has 0 amide bonds. The molecular formula is C33H70N2O. The second kappa shape index (κ2) is 34.6. The highest BCUT2D eigenvalue weighted by molar-refractivity contribution is 5.48. The first-order chi connectivity index (χ1) is 17.7. The van der Waals surface area contributed by atoms with Crippen molar-refractivity contribution in [2.24, 2.45) is 0 Å². The molecule has 1 N–H and O–H groups in total. The summed E-state index contributed by atoms with van der Waals surface area (Å²) in [6.45, 7) is 12.8. The van der Waals surface area contributed by atoms with E-state index in [0.29, 0.717) is 0 Å². The van der Waals surface area contributed by atoms with Crippen LogP contribution in [-0.2, 0) is 4.79 Å². The van der Waals surface area contributed by atoms with E-state index in [4.69, 9.17) is 0 Å². The molecule has 36 heavy (non-hydrogen) atoms. The van der Waals surface area contributed by atoms with Crippen molar-refractivity contribution < 1.29 is 4.79 Å². The predicted octanol–water partition coefficient (Wildman–Crippen LogP) is 10.1. The summed E-state index contributed by atoms with van der Waals surface area (Å²) in [4.78, 5) is 12.7. The monoisotopic (exact) mass is 511 g/mol. The van der Waals surface area contributed by atoms with Crippen molar-refractivity contribution in [3.8, 4) is 0 Å². The van der Waals surface area contributed by atoms with Crippen LogP contribution in [0.5, 0.6) is 0 Å². The Hall–Kier alpha value is -0.410. The van der Waals surface area contributed by atoms with Gasteiger partial charge >= 0.3 is 0 Å². The van der Waals surface area contributed by atoms with Crippen LogP contribution in [0, 0.1) is 0 Å². The van der Waals surface area contributed by atoms with Crippen molar-refractivity contribution in [1.29, 1.82) is 0 Å². The third kappa shape index (κ3) is 31.6. The zero-order valence-electron chi connectivity index (χ0n) is 25.9. The molecule has 0 saturated heterocycles. The summed E-state index contributed by atoms with van der Waals surface area (Å²) >= 11 is 0. The van der Waals surface area contributed by atoms with Gasteiger partial charge < -0.3 is 15.0 Å². The Kier molecular flexibility index (Phi) is 36.3. The average Bonchev–Trinajstić information content (AvgIpc) is 2.90. The topological polar surface area (TPSA) is 32.3 Å². The van der Waals surface area contributed by atoms with Crippen molar-refractivity contribution in [3.05, 3.63) is 0 Å². The third-order valence-corrected chi connectivity index (χ3v) is 7.54. The van der Waals surface area contributed by atoms with Crippen LogP contribution >= 0.6 is 0 Å². The highest BCUT2D eigenvalue weighted by atomic mass is 16.1. The van der Waals surface area contributed by atoms with E-state index in [1.807, 2.05) is 0 Å². The summed E-state index contributed by atoms with van der Waals surface area (Å²) in [7, 11) is 2.14. The lowest BCUT2D eigenvalue weighted by Gasteiger charge is -2.20. The minimum absolute atomic E-state index is 0.748. The second-order valence-electron chi connectivity index (χ2n) is 11.0. The number of hydrogen-bond acceptors (Lipinski definition) is 3. The van der Waals surface area contributed by atoms with Crippen molar-refractivity contribution >= 4 is 6.29 Å². The molecule has 0 rings (SSSR count). The van der Waals surface area contributed by atoms with E-state index >= 15 is 0 Å². The largest absolute Gasteiger partial charge is 0.317 e. The molecule has 0 aromatic rings. The van der Waals surface area contributed by atoms with E-state index in [1.165, 1.54) is 154 Å². The Bertz CT molecular complexity index is 372. The maximum absolute atomic E-state index is 10.1. The molecule has 0 aromatic heterocycles. The first-order valence-corrected chi connectivity index (χ1v) is 16.5. The van der Waals surface area contributed by atoms with E-state index in [1.54, 1.807) is 0 Å². The molecule has 0 bridgehead atoms. The lowest BCUT2D eigenvalue weighted by molar-refractivity contribution is -0.107. The smallest absolute Gasteiger partial charge is 0.119 e. The van der Waals surface area contributed by atoms with Gasteiger partial charge in [-0.25, -0.2) is 0 Å². The lowest BCUT2D eigenvalue weighted by atomic mass is 10.0. The van der Waals surface area contributed by atoms with Crippen LogP contribution in [0.4, 0.5) is 0 Å². The van der Waals surface area contributed by atoms with Crippen LogP contribution in [-0.4, -0.2) is 43.9 Å². The first kappa shape index (κ1) is 37.7. The summed E-state index contributed by atoms with van der Waals surface area (Å²) in [5.41, 5.74) is 0. The Morgan fingerprint density at radius 2 is 0.944 bits per heavy atom. The van der Waals surface area contributed by atoms with E-state index < -0.39 is 0 Å². The van der Waals surface area contributed by atoms with Gasteiger partial charge in [-0.1, -0.05) is 137 Å². The van der Waals surface area contributed by atoms with Crippen LogP contribution in [0.1, 0.15) is 175 Å². The minimum Gasteiger partial charge on any atom is -0.317 e. The molecular weight excluding hydrogens is 440 g/mol. The highest BCUT2D eigenvalue weighted by Crippen LogP contribution is 2.14. The molecule has 3 nitrogen and oxygen atoms in total. The highest BCUT2D eigenvalue weighted by Gasteiger charge is 2.05. The number of nitrogens with one attached hydrogen (secondary N) is 1. The minimum atomic E-state index is 0.748. The molecule has 0 unspecified atom stereocenters. The number of hydrogen-bond donors (Lipinski definition) is 1. The molecule has 0 spiro atoms. The van der Waals surface area contributed by atoms with Crippen molar-refractivity contribution in [3.63, 3.8) is 0 Å². The fourth-order valence-electron chi connectivity index (χ4n) is 4.88. The van der Waals surface area contributed by atoms with Gasteiger partial charge in [0, 0.05) is 12.5 Å². The summed E-state index contributed by atoms with van der Waals surface area (Å²) < 4.78 is 0. The standard InChI is InChI=1S/C18H39N.C15H31NO/c1-4-6-8-10-12-14-16-18(19-3)17-15-13-11-9-7-5-2;1-3-5-10-13-16(4-2)14-11-8-6-7-9-12-15-17/h18-19H,4-17H2,1-3H3;15H,3-14H2,1-2H3. The maximum Gasteiger partial charge on any atom is 0.119 e. The van der Waals surface area contributed by atoms with E-state index in [2.05, 4.69) is 45.0 Å². The molecule has 3 heteroatoms. The van der Waals surface area contributed by atoms with Gasteiger partial charge in [0.2, 0.25) is 0 Å². The lowest BCUT2D eigenvalue weighted by Crippen LogP contribution is -2.25. The molecule has 0 radical (unpaired) electrons. The van der Waals surface area contributed by atoms with E-state index in [9.17, 15) is 4.79 Å². The summed E-state index contributed by atoms with van der Waals surface area (Å²) in [5, 5.41) is 3.51. The number of nitrogens with zero attached hydrogens (tertiary/aromatic N) is 1. The van der Waals surface area contributed by atoms with Crippen LogP contribution in [0.25, 0.3) is 0 Å². The average molecular weight is 511 g/mol. The zero-order valence-corrected chi connectivity index (χ0v) is 25.9. The molecule has 0 heterocycles. The zero-order chi connectivity index (χ0) is 27.0. The normalized spacial score (nSPS) is 11.2. The fourth-order valence-corrected chi connectivity index (χ4v) is 4.88. The van der Waals surface area contributed by atoms with Crippen LogP contribution < -0.4 is 5.32 Å². The number of aldehydes is 1. The number of carbonyl (C=O) groups is 1. The molecule has 0 aromatic carbocycles. The van der Waals surface area contributed by atoms with E-state index in [-0.39, 0.29) is 0 Å². The van der Waals surface area contributed by atoms with Gasteiger partial charge in [-0.3, -0.25) is 0 Å². The van der Waals surface area contributed by atoms with Gasteiger partial charge in [0.05, 0.1) is 0 Å². The van der Waals surface area contributed by atoms with Gasteiger partial charge in [0.25, 0.3) is 0 Å². The SMILES string of the molecule is CCCCCCCCC(CCCCCCCC)NC.CCCCCN(CC)CCCCCCCC=O. The molecule has 0 fully saturated rings. The van der Waals surface area contributed by atoms with Crippen LogP contribution in [0.3, 0.4) is 0 Å². The molecule has 218 valence electrons. The summed E-state index contributed by atoms with van der Waals surface area (Å²) in [5.74, 6) is 0. The summed E-state index contributed by atoms with van der Waals surface area (Å²) in [6.07, 6.45) is 31.9. The molecule has 0 aliphatic carbocycles. The molecule has 0 aliphatic rings. The Labute approximate surface area is 229 Å². The number of unbranched alkanes of at least 4 members (excludes halogenated alkanes) is 17. The van der Waals surface area contributed by atoms with Crippen molar-refractivity contribution in [2.75, 3.05) is 26.7 Å². The number of carbonyl (C=O) groups excluding carboxylic acids is 1. The van der Waals surface area contributed by atoms with Gasteiger partial charge in [-0.2, -0.15) is 0 Å². The number of rotatable bonds is 28. The quantitative estimate of drug-likeness (QED) is 0.0839. The van der Waals surface area contributed by atoms with Gasteiger partial charge in [0.15, 0.2) is 0 Å². The first-order valence-electron chi connectivity index (χ1n) is 16.5. The van der Waals surface area contributed by atoms with Crippen LogP contribution in [0.15, 0.2) is 0 Å². The van der Waals surface area contributed by atoms with Crippen LogP contribution in [0.2, 0.25) is 0 Å². The van der Waals surface area contributed by atoms with Crippen molar-refractivity contribution in [2.45, 2.75) is 181 Å². The Balaban J connectivity index is 0. The second-order valence-corrected chi connectivity index (χ2v) is 11.0. The Morgan fingerprint density at radius 1 is 0.556 bits per heavy atom.